The third-order valence-electron chi connectivity index (χ3n) is 5.26. The number of rotatable bonds is 2. The predicted octanol–water partition coefficient (Wildman–Crippen LogP) is 2.04. The zero-order chi connectivity index (χ0) is 15.1. The zero-order valence-corrected chi connectivity index (χ0v) is 12.6. The summed E-state index contributed by atoms with van der Waals surface area (Å²) < 4.78 is 5.38. The highest BCUT2D eigenvalue weighted by molar-refractivity contribution is 5.66. The Balaban J connectivity index is 2.38. The molecule has 6 atom stereocenters. The number of carbonyl (C=O) groups excluding carboxylic acids is 1. The van der Waals surface area contributed by atoms with Crippen molar-refractivity contribution in [3.8, 4) is 0 Å². The molecule has 0 bridgehead atoms. The van der Waals surface area contributed by atoms with Crippen LogP contribution in [0, 0.1) is 17.8 Å². The smallest absolute Gasteiger partial charge is 0.303 e. The maximum atomic E-state index is 11.3. The fourth-order valence-corrected chi connectivity index (χ4v) is 4.24. The minimum Gasteiger partial charge on any atom is -0.459 e. The Morgan fingerprint density at radius 3 is 2.45 bits per heavy atom. The molecule has 0 aliphatic heterocycles. The molecule has 2 aliphatic carbocycles. The first kappa shape index (κ1) is 15.5. The first-order chi connectivity index (χ1) is 9.28. The van der Waals surface area contributed by atoms with Crippen molar-refractivity contribution in [1.29, 1.82) is 0 Å². The Morgan fingerprint density at radius 1 is 1.25 bits per heavy atom. The van der Waals surface area contributed by atoms with Crippen molar-refractivity contribution in [2.24, 2.45) is 17.8 Å². The van der Waals surface area contributed by atoms with Crippen molar-refractivity contribution >= 4 is 5.97 Å². The molecule has 2 N–H and O–H groups in total. The van der Waals surface area contributed by atoms with Gasteiger partial charge in [0.05, 0.1) is 6.10 Å². The summed E-state index contributed by atoms with van der Waals surface area (Å²) in [4.78, 5) is 11.3. The summed E-state index contributed by atoms with van der Waals surface area (Å²) in [7, 11) is 0. The molecule has 0 aromatic heterocycles. The second kappa shape index (κ2) is 5.49. The number of hydrogen-bond donors (Lipinski definition) is 2. The number of carbonyl (C=O) groups is 1. The number of esters is 1. The number of fused-ring (bicyclic) bond motifs is 1. The molecule has 0 unspecified atom stereocenters. The van der Waals surface area contributed by atoms with Crippen molar-refractivity contribution in [3.63, 3.8) is 0 Å². The quantitative estimate of drug-likeness (QED) is 0.601. The highest BCUT2D eigenvalue weighted by Crippen LogP contribution is 2.52. The molecule has 114 valence electrons. The van der Waals surface area contributed by atoms with Crippen LogP contribution in [0.15, 0.2) is 12.2 Å². The number of hydrogen-bond acceptors (Lipinski definition) is 4. The maximum Gasteiger partial charge on any atom is 0.303 e. The minimum atomic E-state index is -1.15. The van der Waals surface area contributed by atoms with Crippen LogP contribution in [0.4, 0.5) is 0 Å². The van der Waals surface area contributed by atoms with Gasteiger partial charge in [0.2, 0.25) is 0 Å². The molecular weight excluding hydrogens is 256 g/mol. The van der Waals surface area contributed by atoms with Gasteiger partial charge in [-0.25, -0.2) is 0 Å². The lowest BCUT2D eigenvalue weighted by Gasteiger charge is -2.56. The van der Waals surface area contributed by atoms with Crippen LogP contribution in [0.5, 0.6) is 0 Å². The Morgan fingerprint density at radius 2 is 1.90 bits per heavy atom. The SMILES string of the molecule is C=C(C)[C@@H]1CC[C@@H](C)[C@@]2(O)[C@H]1[C@H](O)CC[C@H]2OC(C)=O. The van der Waals surface area contributed by atoms with E-state index in [2.05, 4.69) is 6.58 Å². The molecule has 0 spiro atoms. The van der Waals surface area contributed by atoms with Gasteiger partial charge < -0.3 is 14.9 Å². The number of ether oxygens (including phenoxy) is 1. The van der Waals surface area contributed by atoms with Gasteiger partial charge in [0, 0.05) is 12.8 Å². The highest BCUT2D eigenvalue weighted by atomic mass is 16.6. The Kier molecular flexibility index (Phi) is 4.26. The van der Waals surface area contributed by atoms with E-state index in [1.54, 1.807) is 0 Å². The van der Waals surface area contributed by atoms with Crippen LogP contribution < -0.4 is 0 Å². The monoisotopic (exact) mass is 282 g/mol. The summed E-state index contributed by atoms with van der Waals surface area (Å²) in [5, 5.41) is 21.7. The van der Waals surface area contributed by atoms with Gasteiger partial charge in [-0.15, -0.1) is 0 Å². The molecule has 2 aliphatic rings. The highest BCUT2D eigenvalue weighted by Gasteiger charge is 2.59. The second-order valence-corrected chi connectivity index (χ2v) is 6.59. The van der Waals surface area contributed by atoms with Crippen molar-refractivity contribution in [2.75, 3.05) is 0 Å². The third-order valence-corrected chi connectivity index (χ3v) is 5.26. The molecule has 0 aromatic rings. The van der Waals surface area contributed by atoms with Gasteiger partial charge in [0.15, 0.2) is 0 Å². The lowest BCUT2D eigenvalue weighted by atomic mass is 9.55. The van der Waals surface area contributed by atoms with Crippen molar-refractivity contribution in [3.05, 3.63) is 12.2 Å². The normalized spacial score (nSPS) is 44.5. The van der Waals surface area contributed by atoms with Crippen molar-refractivity contribution < 1.29 is 19.7 Å². The van der Waals surface area contributed by atoms with Gasteiger partial charge in [-0.1, -0.05) is 19.1 Å². The van der Waals surface area contributed by atoms with Crippen molar-refractivity contribution in [1.82, 2.24) is 0 Å². The van der Waals surface area contributed by atoms with Crippen LogP contribution in [0.25, 0.3) is 0 Å². The summed E-state index contributed by atoms with van der Waals surface area (Å²) in [6.45, 7) is 9.31. The lowest BCUT2D eigenvalue weighted by molar-refractivity contribution is -0.233. The van der Waals surface area contributed by atoms with E-state index in [9.17, 15) is 15.0 Å². The first-order valence-electron chi connectivity index (χ1n) is 7.51. The average molecular weight is 282 g/mol. The maximum absolute atomic E-state index is 11.3. The van der Waals surface area contributed by atoms with E-state index in [1.807, 2.05) is 13.8 Å². The van der Waals surface area contributed by atoms with E-state index in [-0.39, 0.29) is 23.7 Å². The molecule has 2 rings (SSSR count). The lowest BCUT2D eigenvalue weighted by Crippen LogP contribution is -2.65. The molecule has 0 amide bonds. The molecule has 20 heavy (non-hydrogen) atoms. The van der Waals surface area contributed by atoms with E-state index >= 15 is 0 Å². The number of aliphatic hydroxyl groups excluding tert-OH is 1. The van der Waals surface area contributed by atoms with Gasteiger partial charge in [-0.2, -0.15) is 0 Å². The fourth-order valence-electron chi connectivity index (χ4n) is 4.24. The molecule has 0 saturated heterocycles. The van der Waals surface area contributed by atoms with Gasteiger partial charge in [-0.05, 0) is 44.4 Å². The fraction of sp³-hybridized carbons (Fsp3) is 0.812. The molecule has 0 radical (unpaired) electrons. The average Bonchev–Trinajstić information content (AvgIpc) is 2.34. The topological polar surface area (TPSA) is 66.8 Å². The molecule has 2 saturated carbocycles. The Labute approximate surface area is 120 Å². The first-order valence-corrected chi connectivity index (χ1v) is 7.51. The standard InChI is InChI=1S/C16H26O4/c1-9(2)12-6-5-10(3)16(19)14(20-11(4)17)8-7-13(18)15(12)16/h10,12-15,18-19H,1,5-8H2,2-4H3/t10-,12+,13-,14-,15-,16+/m1/s1. The van der Waals surface area contributed by atoms with Crippen LogP contribution in [0.1, 0.15) is 46.5 Å². The molecule has 0 aromatic carbocycles. The molecule has 0 heterocycles. The van der Waals surface area contributed by atoms with E-state index in [0.29, 0.717) is 12.8 Å². The van der Waals surface area contributed by atoms with Gasteiger partial charge in [0.25, 0.3) is 0 Å². The number of aliphatic hydroxyl groups is 2. The minimum absolute atomic E-state index is 0.00222. The van der Waals surface area contributed by atoms with Crippen LogP contribution in [-0.4, -0.2) is 34.0 Å². The van der Waals surface area contributed by atoms with Crippen LogP contribution >= 0.6 is 0 Å². The van der Waals surface area contributed by atoms with Gasteiger partial charge in [0.1, 0.15) is 11.7 Å². The van der Waals surface area contributed by atoms with E-state index < -0.39 is 17.8 Å². The van der Waals surface area contributed by atoms with Gasteiger partial charge >= 0.3 is 5.97 Å². The third kappa shape index (κ3) is 2.40. The van der Waals surface area contributed by atoms with E-state index in [4.69, 9.17) is 4.74 Å². The van der Waals surface area contributed by atoms with Crippen LogP contribution in [0.3, 0.4) is 0 Å². The summed E-state index contributed by atoms with van der Waals surface area (Å²) in [6.07, 6.45) is 1.77. The summed E-state index contributed by atoms with van der Waals surface area (Å²) in [5.74, 6) is -0.572. The molecule has 4 nitrogen and oxygen atoms in total. The van der Waals surface area contributed by atoms with Crippen LogP contribution in [-0.2, 0) is 9.53 Å². The van der Waals surface area contributed by atoms with E-state index in [1.165, 1.54) is 6.92 Å². The van der Waals surface area contributed by atoms with Crippen molar-refractivity contribution in [2.45, 2.75) is 64.3 Å². The van der Waals surface area contributed by atoms with Gasteiger partial charge in [-0.3, -0.25) is 4.79 Å². The molecule has 2 fully saturated rings. The second-order valence-electron chi connectivity index (χ2n) is 6.59. The summed E-state index contributed by atoms with van der Waals surface area (Å²) in [6, 6.07) is 0. The van der Waals surface area contributed by atoms with E-state index in [0.717, 1.165) is 18.4 Å². The molecular formula is C16H26O4. The predicted molar refractivity (Wildman–Crippen MR) is 75.9 cm³/mol. The van der Waals surface area contributed by atoms with Crippen LogP contribution in [0.2, 0.25) is 0 Å². The largest absolute Gasteiger partial charge is 0.459 e. The Bertz CT molecular complexity index is 405. The number of allylic oxidation sites excluding steroid dienone is 1. The zero-order valence-electron chi connectivity index (χ0n) is 12.6. The summed E-state index contributed by atoms with van der Waals surface area (Å²) >= 11 is 0. The molecule has 4 heteroatoms. The Hall–Kier alpha value is -0.870. The summed E-state index contributed by atoms with van der Waals surface area (Å²) in [5.41, 5.74) is -0.159.